The molecule has 1 aromatic carbocycles. The maximum Gasteiger partial charge on any atom is 0.251 e. The molecule has 0 aromatic heterocycles. The van der Waals surface area contributed by atoms with Gasteiger partial charge in [-0.3, -0.25) is 19.3 Å². The van der Waals surface area contributed by atoms with E-state index < -0.39 is 5.82 Å². The standard InChI is InChI=1S/C21H27FN4O3/c22-15-5-3-4-14(10-15)20(28)24-16-11-18-21(29)23-12-17(26(18)13-16)6-7-19(27)25-8-1-2-9-25/h3-5,10,16-18H,1-2,6-9,11-13H2,(H,23,29)(H,24,28)/t16-,17-,18+/m1/s1. The number of nitrogens with zero attached hydrogens (tertiary/aromatic N) is 2. The molecule has 3 saturated heterocycles. The van der Waals surface area contributed by atoms with Crippen molar-refractivity contribution in [2.24, 2.45) is 0 Å². The molecule has 8 heteroatoms. The van der Waals surface area contributed by atoms with Gasteiger partial charge in [0.1, 0.15) is 5.82 Å². The van der Waals surface area contributed by atoms with Gasteiger partial charge in [-0.2, -0.15) is 0 Å². The predicted molar refractivity (Wildman–Crippen MR) is 105 cm³/mol. The number of amides is 3. The average molecular weight is 402 g/mol. The topological polar surface area (TPSA) is 81.8 Å². The van der Waals surface area contributed by atoms with E-state index in [4.69, 9.17) is 0 Å². The second-order valence-electron chi connectivity index (χ2n) is 8.15. The van der Waals surface area contributed by atoms with Crippen LogP contribution in [0.25, 0.3) is 0 Å². The number of benzene rings is 1. The Kier molecular flexibility index (Phi) is 5.80. The van der Waals surface area contributed by atoms with Crippen molar-refractivity contribution in [3.8, 4) is 0 Å². The molecule has 3 heterocycles. The molecule has 3 amide bonds. The summed E-state index contributed by atoms with van der Waals surface area (Å²) in [5.41, 5.74) is 0.270. The Hall–Kier alpha value is -2.48. The van der Waals surface area contributed by atoms with Crippen LogP contribution in [0.5, 0.6) is 0 Å². The summed E-state index contributed by atoms with van der Waals surface area (Å²) in [5, 5.41) is 5.87. The SMILES string of the molecule is O=C(N[C@@H]1C[C@H]2C(=O)NC[C@@H](CCC(=O)N3CCCC3)N2C1)c1cccc(F)c1. The molecular weight excluding hydrogens is 375 g/mol. The fraction of sp³-hybridized carbons (Fsp3) is 0.571. The Balaban J connectivity index is 1.35. The van der Waals surface area contributed by atoms with Crippen LogP contribution < -0.4 is 10.6 Å². The molecule has 0 saturated carbocycles. The van der Waals surface area contributed by atoms with Crippen LogP contribution in [0.15, 0.2) is 24.3 Å². The maximum atomic E-state index is 13.4. The van der Waals surface area contributed by atoms with Crippen LogP contribution in [0.2, 0.25) is 0 Å². The minimum absolute atomic E-state index is 0.0328. The minimum atomic E-state index is -0.455. The van der Waals surface area contributed by atoms with Crippen LogP contribution in [0.1, 0.15) is 42.5 Å². The van der Waals surface area contributed by atoms with E-state index in [0.717, 1.165) is 25.9 Å². The van der Waals surface area contributed by atoms with Crippen molar-refractivity contribution in [1.29, 1.82) is 0 Å². The molecule has 0 bridgehead atoms. The maximum absolute atomic E-state index is 13.4. The van der Waals surface area contributed by atoms with Gasteiger partial charge in [0.2, 0.25) is 11.8 Å². The smallest absolute Gasteiger partial charge is 0.251 e. The molecule has 1 aromatic rings. The Morgan fingerprint density at radius 1 is 1.24 bits per heavy atom. The van der Waals surface area contributed by atoms with E-state index in [-0.39, 0.29) is 41.4 Å². The first-order chi connectivity index (χ1) is 14.0. The molecule has 156 valence electrons. The van der Waals surface area contributed by atoms with E-state index in [0.29, 0.717) is 32.4 Å². The Morgan fingerprint density at radius 3 is 2.79 bits per heavy atom. The summed E-state index contributed by atoms with van der Waals surface area (Å²) in [6.45, 7) is 2.77. The van der Waals surface area contributed by atoms with E-state index in [1.54, 1.807) is 6.07 Å². The predicted octanol–water partition coefficient (Wildman–Crippen LogP) is 0.899. The lowest BCUT2D eigenvalue weighted by Crippen LogP contribution is -2.58. The highest BCUT2D eigenvalue weighted by Gasteiger charge is 2.43. The highest BCUT2D eigenvalue weighted by Crippen LogP contribution is 2.26. The number of fused-ring (bicyclic) bond motifs is 1. The Morgan fingerprint density at radius 2 is 2.03 bits per heavy atom. The fourth-order valence-electron chi connectivity index (χ4n) is 4.66. The fourth-order valence-corrected chi connectivity index (χ4v) is 4.66. The van der Waals surface area contributed by atoms with Crippen molar-refractivity contribution >= 4 is 17.7 Å². The van der Waals surface area contributed by atoms with Gasteiger partial charge in [0, 0.05) is 50.2 Å². The van der Waals surface area contributed by atoms with Gasteiger partial charge >= 0.3 is 0 Å². The molecule has 0 spiro atoms. The summed E-state index contributed by atoms with van der Waals surface area (Å²) in [5.74, 6) is -0.639. The zero-order chi connectivity index (χ0) is 20.4. The molecule has 29 heavy (non-hydrogen) atoms. The average Bonchev–Trinajstić information content (AvgIpc) is 3.38. The van der Waals surface area contributed by atoms with Crippen molar-refractivity contribution in [3.63, 3.8) is 0 Å². The summed E-state index contributed by atoms with van der Waals surface area (Å²) < 4.78 is 13.4. The first-order valence-electron chi connectivity index (χ1n) is 10.4. The third-order valence-electron chi connectivity index (χ3n) is 6.20. The molecule has 7 nitrogen and oxygen atoms in total. The molecule has 3 fully saturated rings. The van der Waals surface area contributed by atoms with Crippen molar-refractivity contribution in [1.82, 2.24) is 20.4 Å². The van der Waals surface area contributed by atoms with Gasteiger partial charge in [-0.25, -0.2) is 4.39 Å². The normalized spacial score (nSPS) is 26.9. The van der Waals surface area contributed by atoms with Gasteiger partial charge in [0.25, 0.3) is 5.91 Å². The third kappa shape index (κ3) is 4.42. The van der Waals surface area contributed by atoms with Crippen LogP contribution in [0.3, 0.4) is 0 Å². The van der Waals surface area contributed by atoms with Crippen molar-refractivity contribution in [2.45, 2.75) is 50.2 Å². The number of rotatable bonds is 5. The molecule has 3 atom stereocenters. The third-order valence-corrected chi connectivity index (χ3v) is 6.20. The number of carbonyl (C=O) groups is 3. The lowest BCUT2D eigenvalue weighted by Gasteiger charge is -2.37. The second-order valence-corrected chi connectivity index (χ2v) is 8.15. The van der Waals surface area contributed by atoms with Crippen molar-refractivity contribution in [2.75, 3.05) is 26.2 Å². The molecule has 0 unspecified atom stereocenters. The van der Waals surface area contributed by atoms with Crippen LogP contribution >= 0.6 is 0 Å². The van der Waals surface area contributed by atoms with Gasteiger partial charge in [-0.15, -0.1) is 0 Å². The largest absolute Gasteiger partial charge is 0.353 e. The number of nitrogens with one attached hydrogen (secondary N) is 2. The molecule has 3 aliphatic rings. The second kappa shape index (κ2) is 8.49. The quantitative estimate of drug-likeness (QED) is 0.767. The molecule has 2 N–H and O–H groups in total. The number of piperazine rings is 1. The number of hydrogen-bond acceptors (Lipinski definition) is 4. The molecule has 4 rings (SSSR count). The van der Waals surface area contributed by atoms with E-state index in [1.807, 2.05) is 4.90 Å². The summed E-state index contributed by atoms with van der Waals surface area (Å²) >= 11 is 0. The first-order valence-corrected chi connectivity index (χ1v) is 10.4. The number of likely N-dealkylation sites (tertiary alicyclic amines) is 1. The monoisotopic (exact) mass is 402 g/mol. The van der Waals surface area contributed by atoms with E-state index in [9.17, 15) is 18.8 Å². The summed E-state index contributed by atoms with van der Waals surface area (Å²) in [4.78, 5) is 41.2. The Labute approximate surface area is 169 Å². The van der Waals surface area contributed by atoms with E-state index in [2.05, 4.69) is 15.5 Å². The van der Waals surface area contributed by atoms with Crippen LogP contribution in [0.4, 0.5) is 4.39 Å². The van der Waals surface area contributed by atoms with Gasteiger partial charge in [0.05, 0.1) is 6.04 Å². The van der Waals surface area contributed by atoms with Crippen molar-refractivity contribution in [3.05, 3.63) is 35.6 Å². The lowest BCUT2D eigenvalue weighted by molar-refractivity contribution is -0.131. The van der Waals surface area contributed by atoms with Gasteiger partial charge in [-0.1, -0.05) is 6.07 Å². The number of carbonyl (C=O) groups excluding carboxylic acids is 3. The zero-order valence-corrected chi connectivity index (χ0v) is 16.4. The molecule has 0 radical (unpaired) electrons. The molecular formula is C21H27FN4O3. The number of halogens is 1. The zero-order valence-electron chi connectivity index (χ0n) is 16.4. The van der Waals surface area contributed by atoms with Crippen LogP contribution in [-0.4, -0.2) is 71.8 Å². The van der Waals surface area contributed by atoms with Crippen molar-refractivity contribution < 1.29 is 18.8 Å². The van der Waals surface area contributed by atoms with Gasteiger partial charge in [-0.05, 0) is 43.9 Å². The summed E-state index contributed by atoms with van der Waals surface area (Å²) in [6.07, 6.45) is 3.84. The van der Waals surface area contributed by atoms with Gasteiger partial charge in [0.15, 0.2) is 0 Å². The lowest BCUT2D eigenvalue weighted by atomic mass is 10.0. The van der Waals surface area contributed by atoms with E-state index >= 15 is 0 Å². The van der Waals surface area contributed by atoms with E-state index in [1.165, 1.54) is 18.2 Å². The molecule has 3 aliphatic heterocycles. The molecule has 0 aliphatic carbocycles. The van der Waals surface area contributed by atoms with Crippen LogP contribution in [0, 0.1) is 5.82 Å². The highest BCUT2D eigenvalue weighted by atomic mass is 19.1. The Bertz CT molecular complexity index is 796. The first kappa shape index (κ1) is 19.8. The van der Waals surface area contributed by atoms with Crippen LogP contribution in [-0.2, 0) is 9.59 Å². The van der Waals surface area contributed by atoms with Gasteiger partial charge < -0.3 is 15.5 Å². The summed E-state index contributed by atoms with van der Waals surface area (Å²) in [7, 11) is 0. The highest BCUT2D eigenvalue weighted by molar-refractivity contribution is 5.94. The minimum Gasteiger partial charge on any atom is -0.353 e. The number of hydrogen-bond donors (Lipinski definition) is 2. The summed E-state index contributed by atoms with van der Waals surface area (Å²) in [6, 6.07) is 5.18.